The van der Waals surface area contributed by atoms with E-state index in [1.807, 2.05) is 41.3 Å². The van der Waals surface area contributed by atoms with Crippen molar-refractivity contribution in [2.24, 2.45) is 0 Å². The highest BCUT2D eigenvalue weighted by Gasteiger charge is 2.21. The SMILES string of the molecule is CCN1CCN(c2cc(-c3ccccc3)nc(SCc3cccc(C(=O)N4CCCC4)c3)n2)CC1. The number of likely N-dealkylation sites (tertiary alicyclic amines) is 1. The molecular formula is C28H33N5OS. The van der Waals surface area contributed by atoms with Gasteiger partial charge in [-0.3, -0.25) is 4.79 Å². The van der Waals surface area contributed by atoms with Crippen LogP contribution in [0.3, 0.4) is 0 Å². The average molecular weight is 488 g/mol. The van der Waals surface area contributed by atoms with Gasteiger partial charge >= 0.3 is 0 Å². The normalized spacial score (nSPS) is 16.6. The Kier molecular flexibility index (Phi) is 7.64. The molecule has 0 spiro atoms. The maximum absolute atomic E-state index is 12.8. The molecule has 3 aromatic rings. The number of likely N-dealkylation sites (N-methyl/N-ethyl adjacent to an activating group) is 1. The van der Waals surface area contributed by atoms with E-state index in [1.54, 1.807) is 11.8 Å². The van der Waals surface area contributed by atoms with Gasteiger partial charge < -0.3 is 14.7 Å². The molecular weight excluding hydrogens is 454 g/mol. The smallest absolute Gasteiger partial charge is 0.253 e. The van der Waals surface area contributed by atoms with Crippen LogP contribution < -0.4 is 4.90 Å². The van der Waals surface area contributed by atoms with Gasteiger partial charge in [0.15, 0.2) is 5.16 Å². The standard InChI is InChI=1S/C28H33N5OS/c1-2-31-15-17-32(18-16-31)26-20-25(23-10-4-3-5-11-23)29-28(30-26)35-21-22-9-8-12-24(19-22)27(34)33-13-6-7-14-33/h3-5,8-12,19-20H,2,6-7,13-18,21H2,1H3. The number of amides is 1. The van der Waals surface area contributed by atoms with Gasteiger partial charge in [-0.15, -0.1) is 0 Å². The molecule has 0 N–H and O–H groups in total. The number of carbonyl (C=O) groups excluding carboxylic acids is 1. The second-order valence-corrected chi connectivity index (χ2v) is 10.1. The van der Waals surface area contributed by atoms with Gasteiger partial charge in [-0.05, 0) is 37.1 Å². The number of rotatable bonds is 7. The minimum Gasteiger partial charge on any atom is -0.354 e. The van der Waals surface area contributed by atoms with Crippen molar-refractivity contribution in [1.29, 1.82) is 0 Å². The topological polar surface area (TPSA) is 52.6 Å². The van der Waals surface area contributed by atoms with Crippen molar-refractivity contribution >= 4 is 23.5 Å². The molecule has 182 valence electrons. The maximum atomic E-state index is 12.8. The Morgan fingerprint density at radius 1 is 0.886 bits per heavy atom. The number of thioether (sulfide) groups is 1. The van der Waals surface area contributed by atoms with Crippen LogP contribution in [0.4, 0.5) is 5.82 Å². The number of hydrogen-bond acceptors (Lipinski definition) is 6. The molecule has 2 saturated heterocycles. The molecule has 2 aromatic carbocycles. The summed E-state index contributed by atoms with van der Waals surface area (Å²) in [6, 6.07) is 20.5. The van der Waals surface area contributed by atoms with Gasteiger partial charge in [-0.2, -0.15) is 0 Å². The molecule has 0 unspecified atom stereocenters. The zero-order valence-corrected chi connectivity index (χ0v) is 21.2. The summed E-state index contributed by atoms with van der Waals surface area (Å²) in [6.07, 6.45) is 2.21. The average Bonchev–Trinajstić information content (AvgIpc) is 3.47. The monoisotopic (exact) mass is 487 g/mol. The third-order valence-corrected chi connectivity index (χ3v) is 7.76. The maximum Gasteiger partial charge on any atom is 0.253 e. The molecule has 0 atom stereocenters. The van der Waals surface area contributed by atoms with E-state index in [0.29, 0.717) is 0 Å². The van der Waals surface area contributed by atoms with E-state index in [4.69, 9.17) is 9.97 Å². The predicted octanol–water partition coefficient (Wildman–Crippen LogP) is 4.81. The Balaban J connectivity index is 1.35. The van der Waals surface area contributed by atoms with Crippen LogP contribution in [0, 0.1) is 0 Å². The highest BCUT2D eigenvalue weighted by molar-refractivity contribution is 7.98. The minimum atomic E-state index is 0.144. The minimum absolute atomic E-state index is 0.144. The number of piperazine rings is 1. The van der Waals surface area contributed by atoms with Gasteiger partial charge in [0.2, 0.25) is 0 Å². The van der Waals surface area contributed by atoms with Gasteiger partial charge in [-0.25, -0.2) is 9.97 Å². The van der Waals surface area contributed by atoms with Crippen LogP contribution in [0.15, 0.2) is 65.8 Å². The van der Waals surface area contributed by atoms with Gasteiger partial charge in [0.05, 0.1) is 5.69 Å². The molecule has 2 aliphatic rings. The summed E-state index contributed by atoms with van der Waals surface area (Å²) in [5.74, 6) is 1.86. The summed E-state index contributed by atoms with van der Waals surface area (Å²) in [5.41, 5.74) is 3.95. The van der Waals surface area contributed by atoms with Gasteiger partial charge in [0, 0.05) is 62.2 Å². The fourth-order valence-electron chi connectivity index (χ4n) is 4.73. The lowest BCUT2D eigenvalue weighted by molar-refractivity contribution is 0.0792. The summed E-state index contributed by atoms with van der Waals surface area (Å²) < 4.78 is 0. The number of nitrogens with zero attached hydrogens (tertiary/aromatic N) is 5. The first kappa shape index (κ1) is 23.8. The van der Waals surface area contributed by atoms with Crippen molar-refractivity contribution in [3.8, 4) is 11.3 Å². The molecule has 0 aliphatic carbocycles. The molecule has 1 aromatic heterocycles. The van der Waals surface area contributed by atoms with E-state index >= 15 is 0 Å². The molecule has 2 aliphatic heterocycles. The Labute approximate surface area is 212 Å². The van der Waals surface area contributed by atoms with E-state index in [2.05, 4.69) is 41.0 Å². The number of hydrogen-bond donors (Lipinski definition) is 0. The summed E-state index contributed by atoms with van der Waals surface area (Å²) in [6.45, 7) is 9.11. The lowest BCUT2D eigenvalue weighted by atomic mass is 10.1. The number of anilines is 1. The van der Waals surface area contributed by atoms with Gasteiger partial charge in [-0.1, -0.05) is 61.2 Å². The summed E-state index contributed by atoms with van der Waals surface area (Å²) in [7, 11) is 0. The van der Waals surface area contributed by atoms with Crippen LogP contribution >= 0.6 is 11.8 Å². The van der Waals surface area contributed by atoms with Crippen LogP contribution in [-0.4, -0.2) is 71.5 Å². The summed E-state index contributed by atoms with van der Waals surface area (Å²) >= 11 is 1.63. The highest BCUT2D eigenvalue weighted by atomic mass is 32.2. The Morgan fingerprint density at radius 3 is 2.40 bits per heavy atom. The third kappa shape index (κ3) is 5.85. The molecule has 2 fully saturated rings. The van der Waals surface area contributed by atoms with Crippen molar-refractivity contribution in [3.05, 3.63) is 71.8 Å². The van der Waals surface area contributed by atoms with Crippen molar-refractivity contribution in [1.82, 2.24) is 19.8 Å². The molecule has 5 rings (SSSR count). The zero-order valence-electron chi connectivity index (χ0n) is 20.4. The zero-order chi connectivity index (χ0) is 24.0. The van der Waals surface area contributed by atoms with Crippen LogP contribution in [-0.2, 0) is 5.75 Å². The van der Waals surface area contributed by atoms with Crippen molar-refractivity contribution in [2.75, 3.05) is 50.7 Å². The molecule has 7 heteroatoms. The van der Waals surface area contributed by atoms with Crippen molar-refractivity contribution in [2.45, 2.75) is 30.7 Å². The van der Waals surface area contributed by atoms with Crippen molar-refractivity contribution in [3.63, 3.8) is 0 Å². The van der Waals surface area contributed by atoms with E-state index < -0.39 is 0 Å². The molecule has 3 heterocycles. The van der Waals surface area contributed by atoms with E-state index in [9.17, 15) is 4.79 Å². The second kappa shape index (κ2) is 11.2. The van der Waals surface area contributed by atoms with E-state index in [-0.39, 0.29) is 5.91 Å². The van der Waals surface area contributed by atoms with Crippen molar-refractivity contribution < 1.29 is 4.79 Å². The number of benzene rings is 2. The number of aromatic nitrogens is 2. The van der Waals surface area contributed by atoms with E-state index in [1.165, 1.54) is 0 Å². The molecule has 6 nitrogen and oxygen atoms in total. The number of carbonyl (C=O) groups is 1. The fraction of sp³-hybridized carbons (Fsp3) is 0.393. The Hall–Kier alpha value is -2.90. The second-order valence-electron chi connectivity index (χ2n) is 9.17. The Morgan fingerprint density at radius 2 is 1.66 bits per heavy atom. The van der Waals surface area contributed by atoms with Crippen LogP contribution in [0.5, 0.6) is 0 Å². The first-order chi connectivity index (χ1) is 17.2. The lowest BCUT2D eigenvalue weighted by Gasteiger charge is -2.35. The van der Waals surface area contributed by atoms with Crippen LogP contribution in [0.2, 0.25) is 0 Å². The quantitative estimate of drug-likeness (QED) is 0.352. The molecule has 1 amide bonds. The van der Waals surface area contributed by atoms with Gasteiger partial charge in [0.1, 0.15) is 5.82 Å². The summed E-state index contributed by atoms with van der Waals surface area (Å²) in [5, 5.41) is 0.774. The largest absolute Gasteiger partial charge is 0.354 e. The molecule has 0 saturated carbocycles. The fourth-order valence-corrected chi connectivity index (χ4v) is 5.53. The predicted molar refractivity (Wildman–Crippen MR) is 143 cm³/mol. The first-order valence-electron chi connectivity index (χ1n) is 12.6. The third-order valence-electron chi connectivity index (χ3n) is 6.84. The molecule has 0 radical (unpaired) electrons. The first-order valence-corrected chi connectivity index (χ1v) is 13.6. The van der Waals surface area contributed by atoms with Crippen LogP contribution in [0.25, 0.3) is 11.3 Å². The highest BCUT2D eigenvalue weighted by Crippen LogP contribution is 2.28. The molecule has 0 bridgehead atoms. The van der Waals surface area contributed by atoms with E-state index in [0.717, 1.165) is 97.8 Å². The summed E-state index contributed by atoms with van der Waals surface area (Å²) in [4.78, 5) is 29.5. The molecule has 35 heavy (non-hydrogen) atoms. The van der Waals surface area contributed by atoms with Gasteiger partial charge in [0.25, 0.3) is 5.91 Å². The van der Waals surface area contributed by atoms with Crippen LogP contribution in [0.1, 0.15) is 35.7 Å². The Bertz CT molecular complexity index is 1140. The lowest BCUT2D eigenvalue weighted by Crippen LogP contribution is -2.46.